The third-order valence-electron chi connectivity index (χ3n) is 5.00. The molecule has 6 heteroatoms. The van der Waals surface area contributed by atoms with E-state index in [4.69, 9.17) is 0 Å². The van der Waals surface area contributed by atoms with Crippen LogP contribution in [0.4, 0.5) is 0 Å². The van der Waals surface area contributed by atoms with Gasteiger partial charge in [-0.15, -0.1) is 0 Å². The highest BCUT2D eigenvalue weighted by molar-refractivity contribution is 5.77. The lowest BCUT2D eigenvalue weighted by molar-refractivity contribution is 0.542. The lowest BCUT2D eigenvalue weighted by atomic mass is 10.1. The van der Waals surface area contributed by atoms with Gasteiger partial charge >= 0.3 is 11.1 Å². The summed E-state index contributed by atoms with van der Waals surface area (Å²) in [5.74, 6) is 0. The van der Waals surface area contributed by atoms with Gasteiger partial charge in [0.05, 0.1) is 17.4 Å². The second kappa shape index (κ2) is 9.35. The van der Waals surface area contributed by atoms with E-state index in [1.165, 1.54) is 38.5 Å². The first-order valence-corrected chi connectivity index (χ1v) is 9.96. The third-order valence-corrected chi connectivity index (χ3v) is 5.00. The standard InChI is InChI=1S/C21H28N4O2/c1-2-3-4-5-6-7-8-9-13-25-19-15-17(24-14-12-22-16-24)10-11-18(19)23-20(26)21(25)27/h10-12,14-16H,2-9,13H2,1H3,(H,23,26). The van der Waals surface area contributed by atoms with Crippen molar-refractivity contribution < 1.29 is 0 Å². The Hall–Kier alpha value is -2.63. The van der Waals surface area contributed by atoms with Crippen LogP contribution in [0.15, 0.2) is 46.5 Å². The van der Waals surface area contributed by atoms with E-state index < -0.39 is 11.1 Å². The number of nitrogens with one attached hydrogen (secondary N) is 1. The summed E-state index contributed by atoms with van der Waals surface area (Å²) in [6.45, 7) is 2.80. The summed E-state index contributed by atoms with van der Waals surface area (Å²) in [4.78, 5) is 31.2. The van der Waals surface area contributed by atoms with Crippen molar-refractivity contribution in [3.8, 4) is 5.69 Å². The SMILES string of the molecule is CCCCCCCCCCn1c(=O)c(=O)[nH]c2ccc(-n3ccnc3)cc21. The van der Waals surface area contributed by atoms with Crippen molar-refractivity contribution >= 4 is 11.0 Å². The molecule has 0 atom stereocenters. The van der Waals surface area contributed by atoms with Gasteiger partial charge in [-0.05, 0) is 24.6 Å². The topological polar surface area (TPSA) is 72.7 Å². The summed E-state index contributed by atoms with van der Waals surface area (Å²) in [5.41, 5.74) is 1.32. The predicted octanol–water partition coefficient (Wildman–Crippen LogP) is 4.02. The van der Waals surface area contributed by atoms with Gasteiger partial charge in [0.25, 0.3) is 0 Å². The molecule has 6 nitrogen and oxygen atoms in total. The van der Waals surface area contributed by atoms with E-state index in [9.17, 15) is 9.59 Å². The van der Waals surface area contributed by atoms with Gasteiger partial charge in [0.1, 0.15) is 0 Å². The highest BCUT2D eigenvalue weighted by Gasteiger charge is 2.09. The van der Waals surface area contributed by atoms with Crippen LogP contribution in [0.5, 0.6) is 0 Å². The number of nitrogens with zero attached hydrogens (tertiary/aromatic N) is 3. The summed E-state index contributed by atoms with van der Waals surface area (Å²) >= 11 is 0. The third kappa shape index (κ3) is 4.76. The van der Waals surface area contributed by atoms with Crippen LogP contribution in [0.3, 0.4) is 0 Å². The molecule has 0 saturated carbocycles. The van der Waals surface area contributed by atoms with Crippen LogP contribution in [0.1, 0.15) is 58.3 Å². The molecule has 0 aliphatic carbocycles. The van der Waals surface area contributed by atoms with Crippen LogP contribution < -0.4 is 11.1 Å². The van der Waals surface area contributed by atoms with Crippen LogP contribution in [-0.4, -0.2) is 19.1 Å². The smallest absolute Gasteiger partial charge is 0.316 e. The number of H-pyrrole nitrogens is 1. The van der Waals surface area contributed by atoms with E-state index >= 15 is 0 Å². The Kier molecular flexibility index (Phi) is 6.63. The minimum absolute atomic E-state index is 0.478. The average Bonchev–Trinajstić information content (AvgIpc) is 3.21. The van der Waals surface area contributed by atoms with Crippen LogP contribution in [0.25, 0.3) is 16.7 Å². The van der Waals surface area contributed by atoms with Crippen molar-refractivity contribution in [1.29, 1.82) is 0 Å². The molecule has 0 fully saturated rings. The molecule has 0 aliphatic heterocycles. The Balaban J connectivity index is 1.73. The Morgan fingerprint density at radius 1 is 1.00 bits per heavy atom. The van der Waals surface area contributed by atoms with Crippen molar-refractivity contribution in [2.75, 3.05) is 0 Å². The molecule has 0 saturated heterocycles. The molecule has 0 amide bonds. The van der Waals surface area contributed by atoms with Crippen molar-refractivity contribution in [1.82, 2.24) is 19.1 Å². The van der Waals surface area contributed by atoms with Crippen LogP contribution in [-0.2, 0) is 6.54 Å². The molecular weight excluding hydrogens is 340 g/mol. The minimum Gasteiger partial charge on any atom is -0.316 e. The van der Waals surface area contributed by atoms with Crippen molar-refractivity contribution in [2.45, 2.75) is 64.8 Å². The summed E-state index contributed by atoms with van der Waals surface area (Å²) in [6.07, 6.45) is 14.9. The number of unbranched alkanes of at least 4 members (excludes halogenated alkanes) is 7. The van der Waals surface area contributed by atoms with Gasteiger partial charge in [0.2, 0.25) is 0 Å². The number of rotatable bonds is 10. The molecule has 1 N–H and O–H groups in total. The number of fused-ring (bicyclic) bond motifs is 1. The normalized spacial score (nSPS) is 11.3. The fraction of sp³-hybridized carbons (Fsp3) is 0.476. The number of benzene rings is 1. The maximum atomic E-state index is 12.4. The summed E-state index contributed by atoms with van der Waals surface area (Å²) < 4.78 is 3.50. The lowest BCUT2D eigenvalue weighted by Crippen LogP contribution is -2.36. The monoisotopic (exact) mass is 368 g/mol. The van der Waals surface area contributed by atoms with E-state index in [1.807, 2.05) is 29.0 Å². The first kappa shape index (κ1) is 19.1. The average molecular weight is 368 g/mol. The Labute approximate surface area is 158 Å². The zero-order valence-electron chi connectivity index (χ0n) is 16.0. The van der Waals surface area contributed by atoms with Crippen molar-refractivity contribution in [2.24, 2.45) is 0 Å². The Bertz CT molecular complexity index is 970. The lowest BCUT2D eigenvalue weighted by Gasteiger charge is -2.11. The van der Waals surface area contributed by atoms with Gasteiger partial charge in [0, 0.05) is 24.6 Å². The number of hydrogen-bond acceptors (Lipinski definition) is 3. The van der Waals surface area contributed by atoms with E-state index in [2.05, 4.69) is 16.9 Å². The fourth-order valence-electron chi connectivity index (χ4n) is 3.46. The van der Waals surface area contributed by atoms with Crippen LogP contribution >= 0.6 is 0 Å². The van der Waals surface area contributed by atoms with Gasteiger partial charge < -0.3 is 14.1 Å². The summed E-state index contributed by atoms with van der Waals surface area (Å²) in [5, 5.41) is 0. The van der Waals surface area contributed by atoms with Crippen molar-refractivity contribution in [3.63, 3.8) is 0 Å². The summed E-state index contributed by atoms with van der Waals surface area (Å²) in [7, 11) is 0. The molecule has 27 heavy (non-hydrogen) atoms. The molecule has 3 aromatic rings. The number of aryl methyl sites for hydroxylation is 1. The highest BCUT2D eigenvalue weighted by atomic mass is 16.2. The Morgan fingerprint density at radius 2 is 1.74 bits per heavy atom. The maximum Gasteiger partial charge on any atom is 0.316 e. The van der Waals surface area contributed by atoms with E-state index in [0.29, 0.717) is 12.1 Å². The van der Waals surface area contributed by atoms with Gasteiger partial charge in [-0.1, -0.05) is 51.9 Å². The summed E-state index contributed by atoms with van der Waals surface area (Å²) in [6, 6.07) is 5.68. The first-order valence-electron chi connectivity index (χ1n) is 9.96. The fourth-order valence-corrected chi connectivity index (χ4v) is 3.46. The second-order valence-corrected chi connectivity index (χ2v) is 7.06. The van der Waals surface area contributed by atoms with Crippen LogP contribution in [0, 0.1) is 0 Å². The first-order chi connectivity index (χ1) is 13.2. The van der Waals surface area contributed by atoms with Crippen molar-refractivity contribution in [3.05, 3.63) is 57.6 Å². The molecule has 0 radical (unpaired) electrons. The molecule has 3 rings (SSSR count). The molecule has 0 bridgehead atoms. The van der Waals surface area contributed by atoms with Crippen LogP contribution in [0.2, 0.25) is 0 Å². The number of imidazole rings is 1. The quantitative estimate of drug-likeness (QED) is 0.434. The van der Waals surface area contributed by atoms with Gasteiger partial charge in [-0.25, -0.2) is 4.98 Å². The molecule has 1 aromatic carbocycles. The van der Waals surface area contributed by atoms with E-state index in [1.54, 1.807) is 17.1 Å². The Morgan fingerprint density at radius 3 is 2.44 bits per heavy atom. The largest absolute Gasteiger partial charge is 0.316 e. The van der Waals surface area contributed by atoms with Gasteiger partial charge in [-0.2, -0.15) is 0 Å². The minimum atomic E-state index is -0.558. The molecule has 0 spiro atoms. The molecule has 144 valence electrons. The highest BCUT2D eigenvalue weighted by Crippen LogP contribution is 2.16. The number of aromatic amines is 1. The second-order valence-electron chi connectivity index (χ2n) is 7.06. The molecule has 0 aliphatic rings. The van der Waals surface area contributed by atoms with Gasteiger partial charge in [0.15, 0.2) is 0 Å². The molecule has 0 unspecified atom stereocenters. The van der Waals surface area contributed by atoms with Gasteiger partial charge in [-0.3, -0.25) is 9.59 Å². The maximum absolute atomic E-state index is 12.4. The zero-order chi connectivity index (χ0) is 19.1. The molecule has 2 aromatic heterocycles. The number of aromatic nitrogens is 4. The number of hydrogen-bond donors (Lipinski definition) is 1. The molecular formula is C21H28N4O2. The van der Waals surface area contributed by atoms with E-state index in [0.717, 1.165) is 24.0 Å². The molecule has 2 heterocycles. The van der Waals surface area contributed by atoms with E-state index in [-0.39, 0.29) is 0 Å². The zero-order valence-corrected chi connectivity index (χ0v) is 16.0. The predicted molar refractivity (Wildman–Crippen MR) is 109 cm³/mol.